The molecule has 59 heavy (non-hydrogen) atoms. The van der Waals surface area contributed by atoms with Gasteiger partial charge in [-0.3, -0.25) is 9.59 Å². The van der Waals surface area contributed by atoms with Gasteiger partial charge < -0.3 is 39.4 Å². The fourth-order valence-electron chi connectivity index (χ4n) is 6.64. The van der Waals surface area contributed by atoms with Crippen LogP contribution in [0.25, 0.3) is 0 Å². The van der Waals surface area contributed by atoms with Crippen molar-refractivity contribution in [2.75, 3.05) is 19.8 Å². The Bertz CT molecular complexity index is 1150. The second kappa shape index (κ2) is 39.5. The molecule has 0 aromatic carbocycles. The van der Waals surface area contributed by atoms with Crippen molar-refractivity contribution in [3.63, 3.8) is 0 Å². The first-order valence-corrected chi connectivity index (χ1v) is 23.4. The minimum Gasteiger partial charge on any atom is -0.462 e. The second-order valence-corrected chi connectivity index (χ2v) is 15.8. The molecule has 0 amide bonds. The van der Waals surface area contributed by atoms with Crippen LogP contribution in [0.2, 0.25) is 0 Å². The summed E-state index contributed by atoms with van der Waals surface area (Å²) in [4.78, 5) is 25.4. The lowest BCUT2D eigenvalue weighted by molar-refractivity contribution is -0.305. The number of aliphatic hydroxyl groups is 4. The predicted molar refractivity (Wildman–Crippen MR) is 238 cm³/mol. The molecular formula is C49H84O10. The number of allylic oxidation sites excluding steroid dienone is 10. The summed E-state index contributed by atoms with van der Waals surface area (Å²) < 4.78 is 22.1. The van der Waals surface area contributed by atoms with Crippen LogP contribution >= 0.6 is 0 Å². The van der Waals surface area contributed by atoms with Gasteiger partial charge in [-0.05, 0) is 77.0 Å². The topological polar surface area (TPSA) is 152 Å². The highest BCUT2D eigenvalue weighted by atomic mass is 16.7. The second-order valence-electron chi connectivity index (χ2n) is 15.8. The van der Waals surface area contributed by atoms with Crippen molar-refractivity contribution in [1.29, 1.82) is 0 Å². The lowest BCUT2D eigenvalue weighted by Gasteiger charge is -2.39. The van der Waals surface area contributed by atoms with Gasteiger partial charge >= 0.3 is 11.9 Å². The molecule has 1 aliphatic heterocycles. The van der Waals surface area contributed by atoms with Gasteiger partial charge in [-0.15, -0.1) is 0 Å². The number of ether oxygens (including phenoxy) is 4. The Labute approximate surface area is 358 Å². The third kappa shape index (κ3) is 31.0. The zero-order valence-electron chi connectivity index (χ0n) is 37.0. The maximum absolute atomic E-state index is 12.8. The van der Waals surface area contributed by atoms with Crippen LogP contribution in [0.4, 0.5) is 0 Å². The summed E-state index contributed by atoms with van der Waals surface area (Å²) in [6.45, 7) is 3.31. The fraction of sp³-hybridized carbons (Fsp3) is 0.755. The number of unbranched alkanes of at least 4 members (excludes halogenated alkanes) is 17. The Kier molecular flexibility index (Phi) is 36.5. The third-order valence-corrected chi connectivity index (χ3v) is 10.4. The Morgan fingerprint density at radius 3 is 1.53 bits per heavy atom. The fourth-order valence-corrected chi connectivity index (χ4v) is 6.64. The van der Waals surface area contributed by atoms with E-state index in [2.05, 4.69) is 74.6 Å². The SMILES string of the molecule is CCC/C=C/C/C=C/C/C=C/C/C=C/CCCCCC(=O)O[C@@H](COC(=O)CCCCCCCCC/C=C/CCCCCCCC)CO[C@H]1O[C@@H](CO)[C@@H](O)C(O)C1O. The molecule has 1 saturated heterocycles. The normalized spacial score (nSPS) is 20.5. The Morgan fingerprint density at radius 2 is 0.983 bits per heavy atom. The quantitative estimate of drug-likeness (QED) is 0.0269. The van der Waals surface area contributed by atoms with Crippen LogP contribution < -0.4 is 0 Å². The highest BCUT2D eigenvalue weighted by Gasteiger charge is 2.44. The Balaban J connectivity index is 2.35. The molecule has 1 heterocycles. The van der Waals surface area contributed by atoms with E-state index in [0.29, 0.717) is 12.8 Å². The van der Waals surface area contributed by atoms with Crippen molar-refractivity contribution in [2.24, 2.45) is 0 Å². The summed E-state index contributed by atoms with van der Waals surface area (Å²) in [5.74, 6) is -0.850. The number of carbonyl (C=O) groups is 2. The molecule has 1 rings (SSSR count). The van der Waals surface area contributed by atoms with E-state index in [1.807, 2.05) is 0 Å². The summed E-state index contributed by atoms with van der Waals surface area (Å²) >= 11 is 0. The monoisotopic (exact) mass is 833 g/mol. The molecule has 10 nitrogen and oxygen atoms in total. The molecule has 340 valence electrons. The van der Waals surface area contributed by atoms with Crippen LogP contribution in [0.3, 0.4) is 0 Å². The zero-order chi connectivity index (χ0) is 43.0. The first-order valence-electron chi connectivity index (χ1n) is 23.4. The number of rotatable bonds is 38. The number of carbonyl (C=O) groups excluding carboxylic acids is 2. The lowest BCUT2D eigenvalue weighted by atomic mass is 9.99. The molecule has 1 fully saturated rings. The lowest BCUT2D eigenvalue weighted by Crippen LogP contribution is -2.59. The van der Waals surface area contributed by atoms with Gasteiger partial charge in [0.1, 0.15) is 31.0 Å². The van der Waals surface area contributed by atoms with Crippen molar-refractivity contribution in [3.05, 3.63) is 60.8 Å². The Morgan fingerprint density at radius 1 is 0.525 bits per heavy atom. The average Bonchev–Trinajstić information content (AvgIpc) is 3.23. The summed E-state index contributed by atoms with van der Waals surface area (Å²) in [5.41, 5.74) is 0. The van der Waals surface area contributed by atoms with Gasteiger partial charge in [0.15, 0.2) is 12.4 Å². The molecule has 0 spiro atoms. The Hall–Kier alpha value is -2.60. The molecular weight excluding hydrogens is 749 g/mol. The van der Waals surface area contributed by atoms with Crippen molar-refractivity contribution in [1.82, 2.24) is 0 Å². The maximum atomic E-state index is 12.8. The molecule has 0 bridgehead atoms. The molecule has 0 radical (unpaired) electrons. The van der Waals surface area contributed by atoms with Crippen LogP contribution in [-0.4, -0.2) is 89.0 Å². The van der Waals surface area contributed by atoms with Crippen molar-refractivity contribution in [3.8, 4) is 0 Å². The van der Waals surface area contributed by atoms with Gasteiger partial charge in [0.25, 0.3) is 0 Å². The molecule has 10 heteroatoms. The standard InChI is InChI=1S/C49H84O10/c1-3-5-7-9-11-13-15-17-19-21-23-25-27-29-31-33-35-37-44(51)56-40-42(41-57-49-48(55)47(54)46(53)43(39-50)59-49)58-45(52)38-36-34-32-30-28-26-24-22-20-18-16-14-12-10-8-6-4-2/h8,10,14,16-17,19-20,22,26,28,42-43,46-50,53-55H,3-7,9,11-13,15,18,21,23-25,27,29-41H2,1-2H3/b10-8+,16-14+,19-17+,22-20+,28-26+/t42-,43-,46+,47?,48?,49-/m0/s1. The predicted octanol–water partition coefficient (Wildman–Crippen LogP) is 10.2. The van der Waals surface area contributed by atoms with Crippen LogP contribution in [0, 0.1) is 0 Å². The summed E-state index contributed by atoms with van der Waals surface area (Å²) in [7, 11) is 0. The summed E-state index contributed by atoms with van der Waals surface area (Å²) in [6, 6.07) is 0. The summed E-state index contributed by atoms with van der Waals surface area (Å²) in [5, 5.41) is 40.1. The van der Waals surface area contributed by atoms with E-state index in [1.54, 1.807) is 0 Å². The smallest absolute Gasteiger partial charge is 0.306 e. The minimum atomic E-state index is -1.60. The van der Waals surface area contributed by atoms with E-state index in [9.17, 15) is 30.0 Å². The molecule has 0 aliphatic carbocycles. The molecule has 0 saturated carbocycles. The first-order chi connectivity index (χ1) is 28.8. The van der Waals surface area contributed by atoms with E-state index in [4.69, 9.17) is 18.9 Å². The van der Waals surface area contributed by atoms with Crippen LogP contribution in [0.1, 0.15) is 181 Å². The molecule has 2 unspecified atom stereocenters. The van der Waals surface area contributed by atoms with Crippen LogP contribution in [-0.2, 0) is 28.5 Å². The van der Waals surface area contributed by atoms with Gasteiger partial charge in [0.2, 0.25) is 0 Å². The van der Waals surface area contributed by atoms with E-state index in [0.717, 1.165) is 70.6 Å². The largest absolute Gasteiger partial charge is 0.462 e. The zero-order valence-corrected chi connectivity index (χ0v) is 37.0. The van der Waals surface area contributed by atoms with E-state index in [1.165, 1.54) is 70.6 Å². The average molecular weight is 833 g/mol. The number of hydrogen-bond donors (Lipinski definition) is 4. The first kappa shape index (κ1) is 54.4. The van der Waals surface area contributed by atoms with Crippen molar-refractivity contribution >= 4 is 11.9 Å². The molecule has 6 atom stereocenters. The maximum Gasteiger partial charge on any atom is 0.306 e. The van der Waals surface area contributed by atoms with Gasteiger partial charge in [-0.25, -0.2) is 0 Å². The van der Waals surface area contributed by atoms with Gasteiger partial charge in [0.05, 0.1) is 13.2 Å². The van der Waals surface area contributed by atoms with Gasteiger partial charge in [0, 0.05) is 12.8 Å². The van der Waals surface area contributed by atoms with Gasteiger partial charge in [-0.1, -0.05) is 152 Å². The molecule has 1 aliphatic rings. The van der Waals surface area contributed by atoms with Crippen molar-refractivity contribution < 1.29 is 49.0 Å². The third-order valence-electron chi connectivity index (χ3n) is 10.4. The van der Waals surface area contributed by atoms with E-state index < -0.39 is 55.4 Å². The van der Waals surface area contributed by atoms with Crippen molar-refractivity contribution in [2.45, 2.75) is 218 Å². The molecule has 0 aromatic rings. The molecule has 4 N–H and O–H groups in total. The minimum absolute atomic E-state index is 0.189. The van der Waals surface area contributed by atoms with Gasteiger partial charge in [-0.2, -0.15) is 0 Å². The number of hydrogen-bond acceptors (Lipinski definition) is 10. The van der Waals surface area contributed by atoms with Crippen LogP contribution in [0.5, 0.6) is 0 Å². The highest BCUT2D eigenvalue weighted by molar-refractivity contribution is 5.70. The van der Waals surface area contributed by atoms with E-state index in [-0.39, 0.29) is 26.1 Å². The summed E-state index contributed by atoms with van der Waals surface area (Å²) in [6.07, 6.45) is 40.8. The molecule has 0 aromatic heterocycles. The van der Waals surface area contributed by atoms with Crippen LogP contribution in [0.15, 0.2) is 60.8 Å². The number of aliphatic hydroxyl groups excluding tert-OH is 4. The number of esters is 2. The highest BCUT2D eigenvalue weighted by Crippen LogP contribution is 2.22. The van der Waals surface area contributed by atoms with E-state index >= 15 is 0 Å².